The molecular weight excluding hydrogens is 403 g/mol. The van der Waals surface area contributed by atoms with Gasteiger partial charge in [0.05, 0.1) is 23.7 Å². The first kappa shape index (κ1) is 23.3. The van der Waals surface area contributed by atoms with E-state index >= 15 is 0 Å². The van der Waals surface area contributed by atoms with Gasteiger partial charge in [0, 0.05) is 22.0 Å². The van der Waals surface area contributed by atoms with Crippen LogP contribution in [0.15, 0.2) is 42.5 Å². The zero-order chi connectivity index (χ0) is 20.4. The summed E-state index contributed by atoms with van der Waals surface area (Å²) in [5, 5.41) is 15.2. The van der Waals surface area contributed by atoms with Gasteiger partial charge in [0.2, 0.25) is 0 Å². The van der Waals surface area contributed by atoms with Crippen LogP contribution < -0.4 is 44.7 Å². The normalized spacial score (nSPS) is 10.7. The van der Waals surface area contributed by atoms with Crippen molar-refractivity contribution >= 4 is 34.4 Å². The van der Waals surface area contributed by atoms with E-state index in [0.717, 1.165) is 0 Å². The summed E-state index contributed by atoms with van der Waals surface area (Å²) < 4.78 is 7.64. The van der Waals surface area contributed by atoms with Crippen LogP contribution in [0.25, 0.3) is 10.9 Å². The molecule has 0 aliphatic rings. The minimum atomic E-state index is -1.19. The van der Waals surface area contributed by atoms with Crippen LogP contribution in [0.2, 0.25) is 5.02 Å². The average molecular weight is 423 g/mol. The summed E-state index contributed by atoms with van der Waals surface area (Å²) >= 11 is 6.12. The first-order valence-electron chi connectivity index (χ1n) is 8.83. The Morgan fingerprint density at radius 2 is 1.83 bits per heavy atom. The zero-order valence-corrected chi connectivity index (χ0v) is 19.5. The molecule has 0 fully saturated rings. The van der Waals surface area contributed by atoms with Crippen LogP contribution >= 0.6 is 11.6 Å². The number of carbonyl (C=O) groups excluding carboxylic acids is 2. The van der Waals surface area contributed by atoms with E-state index in [4.69, 9.17) is 16.3 Å². The summed E-state index contributed by atoms with van der Waals surface area (Å²) in [4.78, 5) is 23.2. The van der Waals surface area contributed by atoms with Crippen molar-refractivity contribution in [1.29, 1.82) is 0 Å². The van der Waals surface area contributed by atoms with Crippen molar-refractivity contribution < 1.29 is 49.0 Å². The third-order valence-corrected chi connectivity index (χ3v) is 4.51. The number of amides is 1. The van der Waals surface area contributed by atoms with Gasteiger partial charge in [-0.3, -0.25) is 4.79 Å². The Labute approximate surface area is 196 Å². The van der Waals surface area contributed by atoms with Crippen molar-refractivity contribution in [2.75, 3.05) is 0 Å². The molecule has 0 spiro atoms. The second kappa shape index (κ2) is 9.67. The number of carboxylic acid groups (broad SMARTS) is 1. The van der Waals surface area contributed by atoms with E-state index in [2.05, 4.69) is 5.32 Å². The first-order valence-corrected chi connectivity index (χ1v) is 9.21. The molecule has 2 aromatic carbocycles. The molecular formula is C21H20ClN2NaO4. The van der Waals surface area contributed by atoms with E-state index in [1.165, 1.54) is 0 Å². The van der Waals surface area contributed by atoms with Crippen molar-refractivity contribution in [3.05, 3.63) is 58.7 Å². The Balaban J connectivity index is 0.00000300. The van der Waals surface area contributed by atoms with Crippen LogP contribution in [0.4, 0.5) is 0 Å². The number of carbonyl (C=O) groups is 2. The van der Waals surface area contributed by atoms with Crippen molar-refractivity contribution in [1.82, 2.24) is 9.88 Å². The molecule has 6 nitrogen and oxygen atoms in total. The Kier molecular flexibility index (Phi) is 7.77. The smallest absolute Gasteiger partial charge is 0.548 e. The second-order valence-corrected chi connectivity index (χ2v) is 7.23. The topological polar surface area (TPSA) is 83.4 Å². The number of rotatable bonds is 6. The van der Waals surface area contributed by atoms with E-state index < -0.39 is 5.97 Å². The predicted molar refractivity (Wildman–Crippen MR) is 106 cm³/mol. The third-order valence-electron chi connectivity index (χ3n) is 4.27. The van der Waals surface area contributed by atoms with Crippen molar-refractivity contribution in [3.8, 4) is 11.5 Å². The summed E-state index contributed by atoms with van der Waals surface area (Å²) in [5.74, 6) is -0.313. The van der Waals surface area contributed by atoms with Crippen LogP contribution in [0, 0.1) is 6.92 Å². The number of nitrogens with one attached hydrogen (secondary N) is 1. The molecule has 1 N–H and O–H groups in total. The van der Waals surface area contributed by atoms with Crippen molar-refractivity contribution in [2.24, 2.45) is 0 Å². The van der Waals surface area contributed by atoms with Gasteiger partial charge < -0.3 is 24.5 Å². The van der Waals surface area contributed by atoms with Crippen LogP contribution in [0.3, 0.4) is 0 Å². The van der Waals surface area contributed by atoms with E-state index in [0.29, 0.717) is 38.7 Å². The van der Waals surface area contributed by atoms with E-state index in [9.17, 15) is 14.7 Å². The van der Waals surface area contributed by atoms with Gasteiger partial charge in [-0.25, -0.2) is 0 Å². The summed E-state index contributed by atoms with van der Waals surface area (Å²) in [5.41, 5.74) is 1.86. The number of carboxylic acids is 1. The summed E-state index contributed by atoms with van der Waals surface area (Å²) in [6.07, 6.45) is 0. The number of ether oxygens (including phenoxy) is 1. The molecule has 1 heterocycles. The Morgan fingerprint density at radius 1 is 1.17 bits per heavy atom. The van der Waals surface area contributed by atoms with Crippen LogP contribution in [0.5, 0.6) is 11.5 Å². The molecule has 1 amide bonds. The summed E-state index contributed by atoms with van der Waals surface area (Å²) in [6.45, 7) is 5.27. The maximum atomic E-state index is 12.1. The minimum absolute atomic E-state index is 0. The number of aliphatic carboxylic acids is 1. The van der Waals surface area contributed by atoms with Gasteiger partial charge in [0.1, 0.15) is 5.75 Å². The van der Waals surface area contributed by atoms with Gasteiger partial charge in [0.15, 0.2) is 5.75 Å². The largest absolute Gasteiger partial charge is 1.00 e. The number of aromatic nitrogens is 1. The van der Waals surface area contributed by atoms with E-state index in [1.54, 1.807) is 54.0 Å². The number of benzene rings is 2. The molecule has 146 valence electrons. The quantitative estimate of drug-likeness (QED) is 0.579. The van der Waals surface area contributed by atoms with Gasteiger partial charge in [-0.2, -0.15) is 0 Å². The molecule has 1 aromatic heterocycles. The van der Waals surface area contributed by atoms with Crippen molar-refractivity contribution in [2.45, 2.75) is 33.4 Å². The van der Waals surface area contributed by atoms with E-state index in [1.807, 2.05) is 13.8 Å². The zero-order valence-electron chi connectivity index (χ0n) is 16.8. The van der Waals surface area contributed by atoms with Crippen LogP contribution in [0.1, 0.15) is 29.9 Å². The number of fused-ring (bicyclic) bond motifs is 1. The summed E-state index contributed by atoms with van der Waals surface area (Å²) in [7, 11) is 0. The fourth-order valence-electron chi connectivity index (χ4n) is 3.02. The predicted octanol–water partition coefficient (Wildman–Crippen LogP) is 0.288. The number of hydrogen-bond acceptors (Lipinski definition) is 4. The SMILES string of the molecule is Cc1c(Oc2ccc(C(=O)NC(C)C)cc2)c2cc(Cl)ccc2n1CC(=O)[O-].[Na+]. The molecule has 3 rings (SSSR count). The monoisotopic (exact) mass is 422 g/mol. The standard InChI is InChI=1S/C21H21ClN2O4.Na/c1-12(2)23-21(27)14-4-7-16(8-5-14)28-20-13(3)24(11-19(25)26)18-9-6-15(22)10-17(18)20;/h4-10,12H,11H2,1-3H3,(H,23,27)(H,25,26);/q;+1/p-1. The Hall–Kier alpha value is -1.99. The number of nitrogens with zero attached hydrogens (tertiary/aromatic N) is 1. The maximum Gasteiger partial charge on any atom is 1.00 e. The molecule has 0 aliphatic carbocycles. The molecule has 0 aliphatic heterocycles. The number of hydrogen-bond donors (Lipinski definition) is 1. The average Bonchev–Trinajstić information content (AvgIpc) is 2.86. The fourth-order valence-corrected chi connectivity index (χ4v) is 3.20. The molecule has 0 saturated carbocycles. The maximum absolute atomic E-state index is 12.1. The molecule has 29 heavy (non-hydrogen) atoms. The van der Waals surface area contributed by atoms with Crippen LogP contribution in [-0.4, -0.2) is 22.5 Å². The molecule has 0 bridgehead atoms. The Bertz CT molecular complexity index is 1050. The van der Waals surface area contributed by atoms with Gasteiger partial charge in [0.25, 0.3) is 5.91 Å². The summed E-state index contributed by atoms with van der Waals surface area (Å²) in [6, 6.07) is 12.0. The fraction of sp³-hybridized carbons (Fsp3) is 0.238. The molecule has 0 saturated heterocycles. The van der Waals surface area contributed by atoms with Gasteiger partial charge in [-0.1, -0.05) is 11.6 Å². The van der Waals surface area contributed by atoms with Gasteiger partial charge in [-0.05, 0) is 63.2 Å². The molecule has 3 aromatic rings. The third kappa shape index (κ3) is 5.34. The van der Waals surface area contributed by atoms with Gasteiger partial charge in [-0.15, -0.1) is 0 Å². The first-order chi connectivity index (χ1) is 13.3. The molecule has 0 radical (unpaired) electrons. The van der Waals surface area contributed by atoms with Crippen molar-refractivity contribution in [3.63, 3.8) is 0 Å². The van der Waals surface area contributed by atoms with Gasteiger partial charge >= 0.3 is 29.6 Å². The molecule has 8 heteroatoms. The van der Waals surface area contributed by atoms with Crippen LogP contribution in [-0.2, 0) is 11.3 Å². The molecule has 0 atom stereocenters. The Morgan fingerprint density at radius 3 is 2.41 bits per heavy atom. The second-order valence-electron chi connectivity index (χ2n) is 6.79. The van der Waals surface area contributed by atoms with E-state index in [-0.39, 0.29) is 48.1 Å². The number of halogens is 1. The minimum Gasteiger partial charge on any atom is -0.548 e. The molecule has 0 unspecified atom stereocenters.